The van der Waals surface area contributed by atoms with Gasteiger partial charge in [-0.25, -0.2) is 4.98 Å². The number of nitrogens with zero attached hydrogens (tertiary/aromatic N) is 3. The van der Waals surface area contributed by atoms with Crippen molar-refractivity contribution in [2.24, 2.45) is 5.92 Å². The Hall–Kier alpha value is -2.32. The first-order valence-electron chi connectivity index (χ1n) is 8.05. The number of halogens is 3. The summed E-state index contributed by atoms with van der Waals surface area (Å²) in [5, 5.41) is 2.07. The summed E-state index contributed by atoms with van der Waals surface area (Å²) in [4.78, 5) is 20.6. The predicted molar refractivity (Wildman–Crippen MR) is 83.5 cm³/mol. The van der Waals surface area contributed by atoms with Crippen LogP contribution in [0.4, 0.5) is 13.2 Å². The van der Waals surface area contributed by atoms with Gasteiger partial charge in [0.2, 0.25) is 5.88 Å². The van der Waals surface area contributed by atoms with Crippen LogP contribution in [-0.4, -0.2) is 38.6 Å². The SMILES string of the molecule is Cc1cc(OC(C)C)nc2c(C(=O)NC(C3CC3)C(F)(F)F)ncn12. The molecule has 25 heavy (non-hydrogen) atoms. The van der Waals surface area contributed by atoms with Gasteiger partial charge in [-0.05, 0) is 39.5 Å². The minimum atomic E-state index is -4.48. The Morgan fingerprint density at radius 1 is 1.40 bits per heavy atom. The van der Waals surface area contributed by atoms with Gasteiger partial charge >= 0.3 is 6.18 Å². The average Bonchev–Trinajstić information content (AvgIpc) is 3.21. The smallest absolute Gasteiger partial charge is 0.408 e. The van der Waals surface area contributed by atoms with E-state index < -0.39 is 24.0 Å². The van der Waals surface area contributed by atoms with E-state index in [9.17, 15) is 18.0 Å². The summed E-state index contributed by atoms with van der Waals surface area (Å²) < 4.78 is 46.4. The van der Waals surface area contributed by atoms with Crippen molar-refractivity contribution < 1.29 is 22.7 Å². The number of hydrogen-bond acceptors (Lipinski definition) is 4. The molecule has 2 aromatic heterocycles. The minimum absolute atomic E-state index is 0.126. The molecule has 9 heteroatoms. The Labute approximate surface area is 142 Å². The third kappa shape index (κ3) is 3.69. The molecule has 1 amide bonds. The van der Waals surface area contributed by atoms with E-state index in [-0.39, 0.29) is 17.4 Å². The number of hydrogen-bond donors (Lipinski definition) is 1. The van der Waals surface area contributed by atoms with E-state index in [0.29, 0.717) is 24.4 Å². The van der Waals surface area contributed by atoms with Crippen molar-refractivity contribution in [3.63, 3.8) is 0 Å². The summed E-state index contributed by atoms with van der Waals surface area (Å²) in [5.74, 6) is -1.15. The summed E-state index contributed by atoms with van der Waals surface area (Å²) in [7, 11) is 0. The fourth-order valence-electron chi connectivity index (χ4n) is 2.66. The lowest BCUT2D eigenvalue weighted by Gasteiger charge is -2.20. The van der Waals surface area contributed by atoms with Gasteiger partial charge in [0, 0.05) is 11.8 Å². The van der Waals surface area contributed by atoms with E-state index in [1.807, 2.05) is 13.8 Å². The molecule has 0 aromatic carbocycles. The Bertz CT molecular complexity index is 797. The maximum absolute atomic E-state index is 13.1. The van der Waals surface area contributed by atoms with Gasteiger partial charge in [0.15, 0.2) is 11.3 Å². The second kappa shape index (κ2) is 6.20. The Kier molecular flexibility index (Phi) is 4.34. The monoisotopic (exact) mass is 356 g/mol. The lowest BCUT2D eigenvalue weighted by Crippen LogP contribution is -2.47. The number of carbonyl (C=O) groups is 1. The summed E-state index contributed by atoms with van der Waals surface area (Å²) in [6.45, 7) is 5.43. The molecule has 1 atom stereocenters. The Balaban J connectivity index is 1.92. The van der Waals surface area contributed by atoms with Gasteiger partial charge in [-0.2, -0.15) is 18.2 Å². The number of alkyl halides is 3. The van der Waals surface area contributed by atoms with Gasteiger partial charge < -0.3 is 10.1 Å². The van der Waals surface area contributed by atoms with Gasteiger partial charge in [0.25, 0.3) is 5.91 Å². The van der Waals surface area contributed by atoms with Gasteiger partial charge in [-0.15, -0.1) is 0 Å². The highest BCUT2D eigenvalue weighted by atomic mass is 19.4. The number of rotatable bonds is 5. The molecule has 1 aliphatic carbocycles. The van der Waals surface area contributed by atoms with Crippen molar-refractivity contribution in [1.29, 1.82) is 0 Å². The number of nitrogens with one attached hydrogen (secondary N) is 1. The molecular formula is C16H19F3N4O2. The van der Waals surface area contributed by atoms with Gasteiger partial charge in [0.05, 0.1) is 6.10 Å². The molecule has 1 saturated carbocycles. The molecule has 0 radical (unpaired) electrons. The number of fused-ring (bicyclic) bond motifs is 1. The highest BCUT2D eigenvalue weighted by molar-refractivity contribution is 5.98. The average molecular weight is 356 g/mol. The van der Waals surface area contributed by atoms with Gasteiger partial charge in [0.1, 0.15) is 12.4 Å². The molecule has 0 bridgehead atoms. The Morgan fingerprint density at radius 3 is 2.64 bits per heavy atom. The minimum Gasteiger partial charge on any atom is -0.475 e. The lowest BCUT2D eigenvalue weighted by molar-refractivity contribution is -0.158. The number of imidazole rings is 1. The third-order valence-electron chi connectivity index (χ3n) is 3.97. The molecule has 1 unspecified atom stereocenters. The molecule has 6 nitrogen and oxygen atoms in total. The van der Waals surface area contributed by atoms with Crippen LogP contribution in [0.25, 0.3) is 5.65 Å². The lowest BCUT2D eigenvalue weighted by atomic mass is 10.1. The molecule has 0 spiro atoms. The van der Waals surface area contributed by atoms with E-state index in [2.05, 4.69) is 15.3 Å². The summed E-state index contributed by atoms with van der Waals surface area (Å²) in [5.41, 5.74) is 0.735. The molecule has 1 aliphatic rings. The zero-order chi connectivity index (χ0) is 18.4. The Morgan fingerprint density at radius 2 is 2.08 bits per heavy atom. The van der Waals surface area contributed by atoms with Crippen molar-refractivity contribution >= 4 is 11.6 Å². The van der Waals surface area contributed by atoms with Crippen LogP contribution in [0.5, 0.6) is 5.88 Å². The summed E-state index contributed by atoms with van der Waals surface area (Å²) in [6.07, 6.45) is -2.33. The number of carbonyl (C=O) groups excluding carboxylic acids is 1. The van der Waals surface area contributed by atoms with Crippen molar-refractivity contribution in [2.45, 2.75) is 51.9 Å². The first-order chi connectivity index (χ1) is 11.7. The standard InChI is InChI=1S/C16H19F3N4O2/c1-8(2)25-11-6-9(3)23-7-20-12(14(23)21-11)15(24)22-13(10-4-5-10)16(17,18)19/h6-8,10,13H,4-5H2,1-3H3,(H,22,24). The molecule has 0 aliphatic heterocycles. The highest BCUT2D eigenvalue weighted by Gasteiger charge is 2.50. The van der Waals surface area contributed by atoms with E-state index >= 15 is 0 Å². The number of aromatic nitrogens is 3. The van der Waals surface area contributed by atoms with Crippen molar-refractivity contribution in [1.82, 2.24) is 19.7 Å². The van der Waals surface area contributed by atoms with Crippen LogP contribution in [0.2, 0.25) is 0 Å². The highest BCUT2D eigenvalue weighted by Crippen LogP contribution is 2.40. The van der Waals surface area contributed by atoms with Gasteiger partial charge in [-0.1, -0.05) is 0 Å². The second-order valence-electron chi connectivity index (χ2n) is 6.52. The molecule has 0 saturated heterocycles. The number of ether oxygens (including phenoxy) is 1. The zero-order valence-corrected chi connectivity index (χ0v) is 14.1. The molecule has 2 heterocycles. The predicted octanol–water partition coefficient (Wildman–Crippen LogP) is 2.90. The van der Waals surface area contributed by atoms with Crippen LogP contribution >= 0.6 is 0 Å². The maximum atomic E-state index is 13.1. The fraction of sp³-hybridized carbons (Fsp3) is 0.562. The largest absolute Gasteiger partial charge is 0.475 e. The maximum Gasteiger partial charge on any atom is 0.408 e. The van der Waals surface area contributed by atoms with Crippen LogP contribution in [0, 0.1) is 12.8 Å². The third-order valence-corrected chi connectivity index (χ3v) is 3.97. The first-order valence-corrected chi connectivity index (χ1v) is 8.05. The van der Waals surface area contributed by atoms with Crippen LogP contribution in [-0.2, 0) is 0 Å². The van der Waals surface area contributed by atoms with Gasteiger partial charge in [-0.3, -0.25) is 9.20 Å². The molecular weight excluding hydrogens is 337 g/mol. The molecule has 136 valence electrons. The molecule has 3 rings (SSSR count). The van der Waals surface area contributed by atoms with E-state index in [1.54, 1.807) is 17.4 Å². The van der Waals surface area contributed by atoms with E-state index in [0.717, 1.165) is 0 Å². The molecule has 1 N–H and O–H groups in total. The summed E-state index contributed by atoms with van der Waals surface area (Å²) in [6, 6.07) is -0.174. The van der Waals surface area contributed by atoms with Crippen molar-refractivity contribution in [3.8, 4) is 5.88 Å². The fourth-order valence-corrected chi connectivity index (χ4v) is 2.66. The number of aryl methyl sites for hydroxylation is 1. The normalized spacial score (nSPS) is 16.3. The van der Waals surface area contributed by atoms with Crippen molar-refractivity contribution in [3.05, 3.63) is 23.8 Å². The van der Waals surface area contributed by atoms with Crippen LogP contribution in [0.3, 0.4) is 0 Å². The van der Waals surface area contributed by atoms with Crippen molar-refractivity contribution in [2.75, 3.05) is 0 Å². The molecule has 1 fully saturated rings. The zero-order valence-electron chi connectivity index (χ0n) is 14.1. The molecule has 2 aromatic rings. The van der Waals surface area contributed by atoms with E-state index in [1.165, 1.54) is 6.33 Å². The quantitative estimate of drug-likeness (QED) is 0.894. The summed E-state index contributed by atoms with van der Waals surface area (Å²) >= 11 is 0. The van der Waals surface area contributed by atoms with E-state index in [4.69, 9.17) is 4.74 Å². The van der Waals surface area contributed by atoms with Crippen LogP contribution in [0.15, 0.2) is 12.4 Å². The first kappa shape index (κ1) is 17.5. The topological polar surface area (TPSA) is 68.5 Å². The second-order valence-corrected chi connectivity index (χ2v) is 6.52. The van der Waals surface area contributed by atoms with Crippen LogP contribution in [0.1, 0.15) is 42.9 Å². The number of amides is 1. The van der Waals surface area contributed by atoms with Crippen LogP contribution < -0.4 is 10.1 Å².